The third kappa shape index (κ3) is 1.39. The van der Waals surface area contributed by atoms with E-state index in [9.17, 15) is 0 Å². The molecule has 1 aromatic carbocycles. The van der Waals surface area contributed by atoms with E-state index < -0.39 is 0 Å². The number of para-hydroxylation sites is 1. The van der Waals surface area contributed by atoms with Gasteiger partial charge in [-0.25, -0.2) is 4.98 Å². The average Bonchev–Trinajstić information content (AvgIpc) is 2.85. The average molecular weight is 227 g/mol. The highest BCUT2D eigenvalue weighted by Gasteiger charge is 2.11. The maximum Gasteiger partial charge on any atom is 0.142 e. The summed E-state index contributed by atoms with van der Waals surface area (Å²) in [5, 5.41) is 4.21. The van der Waals surface area contributed by atoms with Crippen molar-refractivity contribution in [2.45, 2.75) is 6.92 Å². The summed E-state index contributed by atoms with van der Waals surface area (Å²) in [5.41, 5.74) is 10.4. The lowest BCUT2D eigenvalue weighted by Gasteiger charge is -1.95. The molecular formula is C12H13N5. The normalized spacial score (nSPS) is 11.2. The van der Waals surface area contributed by atoms with Gasteiger partial charge < -0.3 is 10.7 Å². The maximum absolute atomic E-state index is 5.89. The molecule has 0 saturated carbocycles. The van der Waals surface area contributed by atoms with Crippen LogP contribution in [0.1, 0.15) is 5.69 Å². The first-order valence-corrected chi connectivity index (χ1v) is 5.40. The molecule has 0 bridgehead atoms. The molecule has 0 amide bonds. The van der Waals surface area contributed by atoms with Crippen LogP contribution in [-0.4, -0.2) is 19.7 Å². The number of imidazole rings is 1. The van der Waals surface area contributed by atoms with Crippen LogP contribution in [0.4, 0.5) is 5.69 Å². The van der Waals surface area contributed by atoms with Crippen LogP contribution in [0.3, 0.4) is 0 Å². The number of nitrogens with one attached hydrogen (secondary N) is 1. The molecule has 2 heterocycles. The molecule has 86 valence electrons. The van der Waals surface area contributed by atoms with Crippen molar-refractivity contribution in [3.05, 3.63) is 30.1 Å². The Morgan fingerprint density at radius 1 is 1.35 bits per heavy atom. The van der Waals surface area contributed by atoms with Crippen molar-refractivity contribution in [1.82, 2.24) is 19.7 Å². The highest BCUT2D eigenvalue weighted by Crippen LogP contribution is 2.25. The van der Waals surface area contributed by atoms with E-state index >= 15 is 0 Å². The monoisotopic (exact) mass is 227 g/mol. The van der Waals surface area contributed by atoms with E-state index in [1.807, 2.05) is 43.0 Å². The van der Waals surface area contributed by atoms with Gasteiger partial charge in [0.2, 0.25) is 0 Å². The molecule has 0 atom stereocenters. The number of nitrogen functional groups attached to an aromatic ring is 1. The van der Waals surface area contributed by atoms with Gasteiger partial charge in [-0.3, -0.25) is 4.68 Å². The molecule has 0 saturated heterocycles. The van der Waals surface area contributed by atoms with Gasteiger partial charge in [0.05, 0.1) is 23.0 Å². The summed E-state index contributed by atoms with van der Waals surface area (Å²) in [6, 6.07) is 5.73. The number of aryl methyl sites for hydroxylation is 1. The molecule has 0 spiro atoms. The van der Waals surface area contributed by atoms with Crippen molar-refractivity contribution < 1.29 is 0 Å². The lowest BCUT2D eigenvalue weighted by molar-refractivity contribution is 0.740. The summed E-state index contributed by atoms with van der Waals surface area (Å²) in [5.74, 6) is 0.809. The Hall–Kier alpha value is -2.30. The Bertz CT molecular complexity index is 692. The summed E-state index contributed by atoms with van der Waals surface area (Å²) in [7, 11) is 1.91. The minimum atomic E-state index is 0.687. The third-order valence-electron chi connectivity index (χ3n) is 3.03. The number of hydrogen-bond donors (Lipinski definition) is 2. The van der Waals surface area contributed by atoms with Crippen LogP contribution in [0.25, 0.3) is 22.4 Å². The Morgan fingerprint density at radius 3 is 2.82 bits per heavy atom. The largest absolute Gasteiger partial charge is 0.397 e. The van der Waals surface area contributed by atoms with E-state index in [1.54, 1.807) is 0 Å². The van der Waals surface area contributed by atoms with Crippen LogP contribution in [0, 0.1) is 6.92 Å². The number of fused-ring (bicyclic) bond motifs is 1. The highest BCUT2D eigenvalue weighted by atomic mass is 15.3. The van der Waals surface area contributed by atoms with Gasteiger partial charge in [-0.1, -0.05) is 6.07 Å². The minimum absolute atomic E-state index is 0.687. The van der Waals surface area contributed by atoms with Crippen LogP contribution in [-0.2, 0) is 7.05 Å². The van der Waals surface area contributed by atoms with E-state index in [1.165, 1.54) is 0 Å². The van der Waals surface area contributed by atoms with Crippen molar-refractivity contribution in [2.75, 3.05) is 5.73 Å². The number of aromatic nitrogens is 4. The number of anilines is 1. The Kier molecular flexibility index (Phi) is 1.95. The molecule has 5 nitrogen and oxygen atoms in total. The van der Waals surface area contributed by atoms with E-state index in [0.29, 0.717) is 5.69 Å². The molecule has 0 unspecified atom stereocenters. The molecule has 5 heteroatoms. The molecule has 0 radical (unpaired) electrons. The molecule has 0 aliphatic carbocycles. The van der Waals surface area contributed by atoms with Gasteiger partial charge in [0.1, 0.15) is 11.3 Å². The van der Waals surface area contributed by atoms with Crippen molar-refractivity contribution in [3.63, 3.8) is 0 Å². The number of nitrogens with zero attached hydrogens (tertiary/aromatic N) is 3. The number of nitrogens with two attached hydrogens (primary N) is 1. The van der Waals surface area contributed by atoms with Crippen molar-refractivity contribution in [3.8, 4) is 11.4 Å². The molecule has 0 fully saturated rings. The first-order chi connectivity index (χ1) is 8.16. The zero-order valence-corrected chi connectivity index (χ0v) is 9.73. The van der Waals surface area contributed by atoms with Gasteiger partial charge in [0, 0.05) is 12.7 Å². The van der Waals surface area contributed by atoms with E-state index in [2.05, 4.69) is 15.1 Å². The fraction of sp³-hybridized carbons (Fsp3) is 0.167. The molecule has 3 aromatic rings. The van der Waals surface area contributed by atoms with Gasteiger partial charge in [0.15, 0.2) is 0 Å². The fourth-order valence-corrected chi connectivity index (χ4v) is 1.91. The summed E-state index contributed by atoms with van der Waals surface area (Å²) in [6.45, 7) is 2.01. The van der Waals surface area contributed by atoms with Crippen LogP contribution in [0.15, 0.2) is 24.4 Å². The highest BCUT2D eigenvalue weighted by molar-refractivity contribution is 5.89. The standard InChI is InChI=1S/C12H13N5/c1-7-8(6-14-17(7)2)12-15-10-5-3-4-9(13)11(10)16-12/h3-6H,13H2,1-2H3,(H,15,16). The second-order valence-electron chi connectivity index (χ2n) is 4.10. The summed E-state index contributed by atoms with van der Waals surface area (Å²) < 4.78 is 1.83. The van der Waals surface area contributed by atoms with Gasteiger partial charge in [-0.05, 0) is 19.1 Å². The Labute approximate surface area is 98.3 Å². The van der Waals surface area contributed by atoms with E-state index in [-0.39, 0.29) is 0 Å². The van der Waals surface area contributed by atoms with Crippen molar-refractivity contribution >= 4 is 16.7 Å². The predicted molar refractivity (Wildman–Crippen MR) is 67.4 cm³/mol. The zero-order chi connectivity index (χ0) is 12.0. The van der Waals surface area contributed by atoms with Crippen molar-refractivity contribution in [1.29, 1.82) is 0 Å². The quantitative estimate of drug-likeness (QED) is 0.623. The molecular weight excluding hydrogens is 214 g/mol. The summed E-state index contributed by atoms with van der Waals surface area (Å²) in [6.07, 6.45) is 1.81. The van der Waals surface area contributed by atoms with Crippen molar-refractivity contribution in [2.24, 2.45) is 7.05 Å². The lowest BCUT2D eigenvalue weighted by Crippen LogP contribution is -1.92. The van der Waals surface area contributed by atoms with E-state index in [4.69, 9.17) is 5.73 Å². The second kappa shape index (κ2) is 3.35. The SMILES string of the molecule is Cc1c(-c2nc3c(N)cccc3[nH]2)cnn1C. The number of H-pyrrole nitrogens is 1. The minimum Gasteiger partial charge on any atom is -0.397 e. The topological polar surface area (TPSA) is 72.5 Å². The number of aromatic amines is 1. The Balaban J connectivity index is 2.25. The smallest absolute Gasteiger partial charge is 0.142 e. The van der Waals surface area contributed by atoms with Crippen LogP contribution in [0.2, 0.25) is 0 Å². The predicted octanol–water partition coefficient (Wildman–Crippen LogP) is 1.85. The third-order valence-corrected chi connectivity index (χ3v) is 3.03. The molecule has 0 aliphatic rings. The fourth-order valence-electron chi connectivity index (χ4n) is 1.91. The van der Waals surface area contributed by atoms with Crippen LogP contribution >= 0.6 is 0 Å². The number of benzene rings is 1. The van der Waals surface area contributed by atoms with Crippen LogP contribution < -0.4 is 5.73 Å². The first kappa shape index (κ1) is 9.89. The van der Waals surface area contributed by atoms with Gasteiger partial charge in [0.25, 0.3) is 0 Å². The molecule has 3 N–H and O–H groups in total. The van der Waals surface area contributed by atoms with Crippen LogP contribution in [0.5, 0.6) is 0 Å². The molecule has 0 aliphatic heterocycles. The van der Waals surface area contributed by atoms with Gasteiger partial charge in [-0.15, -0.1) is 0 Å². The Morgan fingerprint density at radius 2 is 2.18 bits per heavy atom. The molecule has 2 aromatic heterocycles. The summed E-state index contributed by atoms with van der Waals surface area (Å²) in [4.78, 5) is 7.79. The summed E-state index contributed by atoms with van der Waals surface area (Å²) >= 11 is 0. The first-order valence-electron chi connectivity index (χ1n) is 5.40. The molecule has 3 rings (SSSR count). The maximum atomic E-state index is 5.89. The molecule has 17 heavy (non-hydrogen) atoms. The van der Waals surface area contributed by atoms with E-state index in [0.717, 1.165) is 28.1 Å². The van der Waals surface area contributed by atoms with Gasteiger partial charge in [-0.2, -0.15) is 5.10 Å². The number of rotatable bonds is 1. The second-order valence-corrected chi connectivity index (χ2v) is 4.10. The zero-order valence-electron chi connectivity index (χ0n) is 9.73. The van der Waals surface area contributed by atoms with Gasteiger partial charge >= 0.3 is 0 Å². The lowest BCUT2D eigenvalue weighted by atomic mass is 10.2. The number of hydrogen-bond acceptors (Lipinski definition) is 3.